The van der Waals surface area contributed by atoms with Gasteiger partial charge in [0.1, 0.15) is 6.61 Å². The van der Waals surface area contributed by atoms with E-state index in [0.29, 0.717) is 6.42 Å². The van der Waals surface area contributed by atoms with Gasteiger partial charge in [-0.3, -0.25) is 13.8 Å². The Labute approximate surface area is 330 Å². The van der Waals surface area contributed by atoms with Gasteiger partial charge in [0.2, 0.25) is 0 Å². The van der Waals surface area contributed by atoms with Crippen molar-refractivity contribution >= 4 is 13.8 Å². The highest BCUT2D eigenvalue weighted by Gasteiger charge is 2.25. The quantitative estimate of drug-likeness (QED) is 0.0209. The van der Waals surface area contributed by atoms with Crippen molar-refractivity contribution in [2.45, 2.75) is 155 Å². The van der Waals surface area contributed by atoms with Crippen LogP contribution < -0.4 is 5.73 Å². The van der Waals surface area contributed by atoms with E-state index >= 15 is 0 Å². The van der Waals surface area contributed by atoms with Crippen LogP contribution in [0.25, 0.3) is 0 Å². The Balaban J connectivity index is 4.28. The molecule has 0 aliphatic carbocycles. The minimum absolute atomic E-state index is 0.00771. The number of esters is 1. The van der Waals surface area contributed by atoms with Gasteiger partial charge in [0.25, 0.3) is 0 Å². The van der Waals surface area contributed by atoms with Gasteiger partial charge in [0.15, 0.2) is 6.10 Å². The lowest BCUT2D eigenvalue weighted by Gasteiger charge is -2.19. The van der Waals surface area contributed by atoms with E-state index in [1.807, 2.05) is 18.2 Å². The predicted octanol–water partition coefficient (Wildman–Crippen LogP) is 12.6. The van der Waals surface area contributed by atoms with Gasteiger partial charge in [-0.05, 0) is 89.5 Å². The van der Waals surface area contributed by atoms with Crippen LogP contribution in [-0.2, 0) is 27.9 Å². The summed E-state index contributed by atoms with van der Waals surface area (Å²) in [7, 11) is -4.32. The Bertz CT molecular complexity index is 1140. The highest BCUT2D eigenvalue weighted by Crippen LogP contribution is 2.43. The van der Waals surface area contributed by atoms with Crippen LogP contribution in [0.5, 0.6) is 0 Å². The fourth-order valence-electron chi connectivity index (χ4n) is 5.04. The first-order valence-corrected chi connectivity index (χ1v) is 22.3. The molecular formula is C45H76NO7P. The lowest BCUT2D eigenvalue weighted by molar-refractivity contribution is -0.153. The zero-order chi connectivity index (χ0) is 39.5. The normalized spacial score (nSPS) is 14.4. The van der Waals surface area contributed by atoms with Crippen LogP contribution in [0.1, 0.15) is 149 Å². The number of ether oxygens (including phenoxy) is 2. The van der Waals surface area contributed by atoms with Crippen LogP contribution in [0, 0.1) is 0 Å². The Hall–Kier alpha value is -2.74. The van der Waals surface area contributed by atoms with E-state index in [2.05, 4.69) is 86.8 Å². The van der Waals surface area contributed by atoms with Gasteiger partial charge >= 0.3 is 13.8 Å². The molecule has 0 aliphatic rings. The molecule has 3 N–H and O–H groups in total. The second-order valence-corrected chi connectivity index (χ2v) is 14.6. The van der Waals surface area contributed by atoms with Crippen molar-refractivity contribution < 1.29 is 32.8 Å². The number of phosphoric ester groups is 1. The molecule has 9 heteroatoms. The van der Waals surface area contributed by atoms with Crippen molar-refractivity contribution in [2.24, 2.45) is 5.73 Å². The Morgan fingerprint density at radius 1 is 0.593 bits per heavy atom. The SMILES string of the molecule is CCC=CCC=CCC=CCC=CCC=CCC=CCCC(=O)O[C@H](COC=CCCCCCCCCC=CCCCCCC)COP(=O)(O)OCCN. The molecular weight excluding hydrogens is 697 g/mol. The maximum atomic E-state index is 12.5. The van der Waals surface area contributed by atoms with Crippen LogP contribution >= 0.6 is 7.82 Å². The fourth-order valence-corrected chi connectivity index (χ4v) is 5.80. The average molecular weight is 774 g/mol. The number of unbranched alkanes of at least 4 members (excludes halogenated alkanes) is 11. The van der Waals surface area contributed by atoms with E-state index in [1.54, 1.807) is 6.26 Å². The zero-order valence-electron chi connectivity index (χ0n) is 33.9. The summed E-state index contributed by atoms with van der Waals surface area (Å²) in [5.41, 5.74) is 5.35. The van der Waals surface area contributed by atoms with Gasteiger partial charge in [0, 0.05) is 13.0 Å². The summed E-state index contributed by atoms with van der Waals surface area (Å²) < 4.78 is 33.0. The maximum absolute atomic E-state index is 12.5. The molecule has 0 bridgehead atoms. The molecule has 0 saturated carbocycles. The van der Waals surface area contributed by atoms with Crippen LogP contribution in [0.3, 0.4) is 0 Å². The zero-order valence-corrected chi connectivity index (χ0v) is 34.8. The summed E-state index contributed by atoms with van der Waals surface area (Å²) in [4.78, 5) is 22.4. The molecule has 0 amide bonds. The number of rotatable bonds is 38. The number of allylic oxidation sites excluding steroid dienone is 15. The third-order valence-electron chi connectivity index (χ3n) is 8.06. The standard InChI is InChI=1S/C45H76NO7P/c1-3-5-7-9-11-13-15-17-19-21-22-23-24-26-28-30-32-34-36-38-45(47)53-44(43-52-54(48,49)51-41-39-46)42-50-40-37-35-33-31-29-27-25-20-18-16-14-12-10-8-6-4-2/h5,7,11,13-14,16-17,19,22-23,26,28,32,34,37,40,44H,3-4,6,8-10,12,15,18,20-21,24-25,27,29-31,33,35-36,38-39,41-43,46H2,1-2H3,(H,48,49)/t44-/m1/s1. The summed E-state index contributed by atoms with van der Waals surface area (Å²) in [5.74, 6) is -0.440. The fraction of sp³-hybridized carbons (Fsp3) is 0.622. The third kappa shape index (κ3) is 40.4. The van der Waals surface area contributed by atoms with E-state index in [4.69, 9.17) is 24.3 Å². The summed E-state index contributed by atoms with van der Waals surface area (Å²) in [6.07, 6.45) is 55.3. The van der Waals surface area contributed by atoms with Crippen molar-refractivity contribution in [3.8, 4) is 0 Å². The first kappa shape index (κ1) is 51.3. The number of nitrogens with two attached hydrogens (primary N) is 1. The topological polar surface area (TPSA) is 117 Å². The van der Waals surface area contributed by atoms with Gasteiger partial charge in [0.05, 0.1) is 19.5 Å². The lowest BCUT2D eigenvalue weighted by atomic mass is 10.1. The number of carbonyl (C=O) groups is 1. The lowest BCUT2D eigenvalue weighted by Crippen LogP contribution is -2.27. The molecule has 0 heterocycles. The molecule has 0 saturated heterocycles. The van der Waals surface area contributed by atoms with Crippen LogP contribution in [0.15, 0.2) is 97.4 Å². The summed E-state index contributed by atoms with van der Waals surface area (Å²) >= 11 is 0. The highest BCUT2D eigenvalue weighted by atomic mass is 31.2. The first-order valence-electron chi connectivity index (χ1n) is 20.8. The molecule has 0 radical (unpaired) electrons. The molecule has 54 heavy (non-hydrogen) atoms. The van der Waals surface area contributed by atoms with E-state index in [1.165, 1.54) is 70.6 Å². The van der Waals surface area contributed by atoms with Crippen molar-refractivity contribution in [3.63, 3.8) is 0 Å². The first-order chi connectivity index (χ1) is 26.4. The predicted molar refractivity (Wildman–Crippen MR) is 228 cm³/mol. The molecule has 0 aromatic heterocycles. The number of phosphoric acid groups is 1. The van der Waals surface area contributed by atoms with Gasteiger partial charge in [-0.15, -0.1) is 0 Å². The van der Waals surface area contributed by atoms with Crippen molar-refractivity contribution in [2.75, 3.05) is 26.4 Å². The van der Waals surface area contributed by atoms with Gasteiger partial charge in [-0.25, -0.2) is 4.57 Å². The molecule has 0 spiro atoms. The minimum atomic E-state index is -4.32. The Morgan fingerprint density at radius 2 is 1.06 bits per heavy atom. The number of hydrogen-bond acceptors (Lipinski definition) is 7. The molecule has 0 rings (SSSR count). The van der Waals surface area contributed by atoms with Gasteiger partial charge < -0.3 is 20.1 Å². The molecule has 0 aromatic carbocycles. The van der Waals surface area contributed by atoms with E-state index in [9.17, 15) is 14.3 Å². The van der Waals surface area contributed by atoms with E-state index in [-0.39, 0.29) is 32.8 Å². The third-order valence-corrected chi connectivity index (χ3v) is 9.05. The van der Waals surface area contributed by atoms with Crippen molar-refractivity contribution in [1.29, 1.82) is 0 Å². The Morgan fingerprint density at radius 3 is 1.57 bits per heavy atom. The van der Waals surface area contributed by atoms with Crippen molar-refractivity contribution in [3.05, 3.63) is 97.4 Å². The smallest absolute Gasteiger partial charge is 0.472 e. The number of hydrogen-bond donors (Lipinski definition) is 2. The summed E-state index contributed by atoms with van der Waals surface area (Å²) in [6.45, 7) is 3.99. The monoisotopic (exact) mass is 774 g/mol. The molecule has 2 atom stereocenters. The summed E-state index contributed by atoms with van der Waals surface area (Å²) in [6, 6.07) is 0. The van der Waals surface area contributed by atoms with Crippen LogP contribution in [0.4, 0.5) is 0 Å². The van der Waals surface area contributed by atoms with Gasteiger partial charge in [-0.1, -0.05) is 144 Å². The molecule has 1 unspecified atom stereocenters. The van der Waals surface area contributed by atoms with Crippen LogP contribution in [0.2, 0.25) is 0 Å². The second kappa shape index (κ2) is 41.4. The van der Waals surface area contributed by atoms with Crippen LogP contribution in [-0.4, -0.2) is 43.3 Å². The average Bonchev–Trinajstić information content (AvgIpc) is 3.16. The van der Waals surface area contributed by atoms with Crippen molar-refractivity contribution in [1.82, 2.24) is 0 Å². The minimum Gasteiger partial charge on any atom is -0.498 e. The molecule has 8 nitrogen and oxygen atoms in total. The van der Waals surface area contributed by atoms with E-state index in [0.717, 1.165) is 51.4 Å². The number of carbonyl (C=O) groups excluding carboxylic acids is 1. The highest BCUT2D eigenvalue weighted by molar-refractivity contribution is 7.47. The van der Waals surface area contributed by atoms with E-state index < -0.39 is 19.9 Å². The second-order valence-electron chi connectivity index (χ2n) is 13.2. The molecule has 0 aromatic rings. The molecule has 0 fully saturated rings. The van der Waals surface area contributed by atoms with Gasteiger partial charge in [-0.2, -0.15) is 0 Å². The maximum Gasteiger partial charge on any atom is 0.472 e. The molecule has 308 valence electrons. The Kier molecular flexibility index (Phi) is 39.3. The molecule has 0 aliphatic heterocycles. The largest absolute Gasteiger partial charge is 0.498 e. The summed E-state index contributed by atoms with van der Waals surface area (Å²) in [5, 5.41) is 0.